The molecule has 10 heteroatoms. The molecule has 0 unspecified atom stereocenters. The number of hydrogen-bond donors (Lipinski definition) is 2. The van der Waals surface area contributed by atoms with Crippen molar-refractivity contribution in [2.24, 2.45) is 0 Å². The normalized spacial score (nSPS) is 16.3. The zero-order valence-corrected chi connectivity index (χ0v) is 17.1. The molecule has 0 bridgehead atoms. The average Bonchev–Trinajstić information content (AvgIpc) is 3.19. The number of ether oxygens (including phenoxy) is 1. The predicted octanol–water partition coefficient (Wildman–Crippen LogP) is 1.48. The number of nitriles is 1. The lowest BCUT2D eigenvalue weighted by molar-refractivity contribution is -0.120. The van der Waals surface area contributed by atoms with Crippen LogP contribution in [0.5, 0.6) is 5.75 Å². The van der Waals surface area contributed by atoms with Crippen molar-refractivity contribution in [2.75, 3.05) is 18.6 Å². The molecule has 0 aromatic carbocycles. The van der Waals surface area contributed by atoms with Gasteiger partial charge in [-0.3, -0.25) is 19.6 Å². The average molecular weight is 419 g/mol. The Balaban J connectivity index is 1.62. The van der Waals surface area contributed by atoms with Crippen LogP contribution in [0.3, 0.4) is 0 Å². The van der Waals surface area contributed by atoms with Crippen LogP contribution in [0.15, 0.2) is 54.3 Å². The van der Waals surface area contributed by atoms with Crippen LogP contribution in [0.4, 0.5) is 5.82 Å². The number of rotatable bonds is 6. The van der Waals surface area contributed by atoms with Crippen LogP contribution in [0.25, 0.3) is 0 Å². The highest BCUT2D eigenvalue weighted by Crippen LogP contribution is 2.27. The van der Waals surface area contributed by atoms with Crippen LogP contribution in [0.1, 0.15) is 23.4 Å². The first kappa shape index (κ1) is 21.4. The monoisotopic (exact) mass is 419 g/mol. The molecule has 0 radical (unpaired) electrons. The van der Waals surface area contributed by atoms with Gasteiger partial charge in [-0.25, -0.2) is 9.97 Å². The van der Waals surface area contributed by atoms with E-state index < -0.39 is 11.9 Å². The lowest BCUT2D eigenvalue weighted by atomic mass is 10.2. The van der Waals surface area contributed by atoms with Crippen molar-refractivity contribution < 1.29 is 14.3 Å². The van der Waals surface area contributed by atoms with Gasteiger partial charge in [0.15, 0.2) is 11.6 Å². The van der Waals surface area contributed by atoms with Crippen LogP contribution in [0.2, 0.25) is 0 Å². The predicted molar refractivity (Wildman–Crippen MR) is 112 cm³/mol. The van der Waals surface area contributed by atoms with E-state index in [9.17, 15) is 9.59 Å². The molecule has 2 aromatic heterocycles. The second-order valence-electron chi connectivity index (χ2n) is 6.82. The van der Waals surface area contributed by atoms with Crippen molar-refractivity contribution >= 4 is 17.6 Å². The van der Waals surface area contributed by atoms with Gasteiger partial charge in [0.25, 0.3) is 11.8 Å². The maximum atomic E-state index is 12.7. The lowest BCUT2D eigenvalue weighted by Crippen LogP contribution is -2.49. The third-order valence-electron chi connectivity index (χ3n) is 4.39. The summed E-state index contributed by atoms with van der Waals surface area (Å²) in [7, 11) is 1.57. The molecular weight excluding hydrogens is 398 g/mol. The van der Waals surface area contributed by atoms with Gasteiger partial charge in [-0.1, -0.05) is 18.7 Å². The van der Waals surface area contributed by atoms with Gasteiger partial charge in [0.05, 0.1) is 6.07 Å². The van der Waals surface area contributed by atoms with Crippen molar-refractivity contribution in [2.45, 2.75) is 19.4 Å². The Morgan fingerprint density at radius 2 is 2.35 bits per heavy atom. The fourth-order valence-electron chi connectivity index (χ4n) is 2.77. The van der Waals surface area contributed by atoms with E-state index >= 15 is 0 Å². The smallest absolute Gasteiger partial charge is 0.291 e. The minimum atomic E-state index is -0.915. The van der Waals surface area contributed by atoms with Gasteiger partial charge in [-0.2, -0.15) is 5.26 Å². The number of aromatic nitrogens is 4. The molecule has 3 heterocycles. The third-order valence-corrected chi connectivity index (χ3v) is 4.39. The summed E-state index contributed by atoms with van der Waals surface area (Å²) in [6, 6.07) is 4.51. The van der Waals surface area contributed by atoms with Crippen LogP contribution in [-0.4, -0.2) is 51.7 Å². The number of carbonyl (C=O) groups is 2. The molecule has 2 amide bonds. The Morgan fingerprint density at radius 3 is 3.13 bits per heavy atom. The fourth-order valence-corrected chi connectivity index (χ4v) is 2.77. The number of likely N-dealkylation sites (N-methyl/N-ethyl adjacent to an activating group) is 1. The molecule has 0 saturated heterocycles. The highest BCUT2D eigenvalue weighted by Gasteiger charge is 2.32. The molecule has 0 fully saturated rings. The van der Waals surface area contributed by atoms with E-state index in [1.165, 1.54) is 4.90 Å². The zero-order chi connectivity index (χ0) is 22.4. The molecule has 2 aromatic rings. The maximum Gasteiger partial charge on any atom is 0.291 e. The SMILES string of the molecule is C=C(/C=C\C=C(/C)C#N)Cc1nc(C(=O)N[C@H]2COc3cccnc3N(C)C2=O)n[nH]1. The number of amides is 2. The van der Waals surface area contributed by atoms with Gasteiger partial charge < -0.3 is 10.1 Å². The molecular formula is C21H21N7O3. The fraction of sp³-hybridized carbons (Fsp3) is 0.238. The number of hydrogen-bond acceptors (Lipinski definition) is 7. The van der Waals surface area contributed by atoms with Crippen LogP contribution < -0.4 is 15.0 Å². The Hall–Kier alpha value is -4.26. The number of nitrogens with one attached hydrogen (secondary N) is 2. The number of allylic oxidation sites excluding steroid dienone is 5. The van der Waals surface area contributed by atoms with Gasteiger partial charge in [0.2, 0.25) is 5.82 Å². The van der Waals surface area contributed by atoms with E-state index in [0.29, 0.717) is 35.0 Å². The summed E-state index contributed by atoms with van der Waals surface area (Å²) >= 11 is 0. The standard InChI is InChI=1S/C21H21N7O3/c1-13(6-4-7-14(2)11-22)10-17-25-18(27-26-17)20(29)24-15-12-31-16-8-5-9-23-19(16)28(3)21(15)30/h4-9,15H,1,10,12H2,2-3H3,(H,24,29)(H,25,26,27)/b6-4-,14-7+/t15-/m0/s1. The number of carbonyl (C=O) groups excluding carboxylic acids is 2. The van der Waals surface area contributed by atoms with E-state index in [1.807, 2.05) is 6.07 Å². The molecule has 0 aliphatic carbocycles. The summed E-state index contributed by atoms with van der Waals surface area (Å²) in [5.41, 5.74) is 1.29. The summed E-state index contributed by atoms with van der Waals surface area (Å²) in [6.45, 7) is 5.57. The molecule has 1 aliphatic rings. The van der Waals surface area contributed by atoms with Crippen molar-refractivity contribution in [3.8, 4) is 11.8 Å². The summed E-state index contributed by atoms with van der Waals surface area (Å²) in [5, 5.41) is 17.9. The molecule has 1 atom stereocenters. The van der Waals surface area contributed by atoms with Crippen LogP contribution in [0, 0.1) is 11.3 Å². The molecule has 10 nitrogen and oxygen atoms in total. The highest BCUT2D eigenvalue weighted by atomic mass is 16.5. The molecule has 3 rings (SSSR count). The summed E-state index contributed by atoms with van der Waals surface area (Å²) in [5.74, 6) is 0.226. The molecule has 2 N–H and O–H groups in total. The van der Waals surface area contributed by atoms with Crippen LogP contribution >= 0.6 is 0 Å². The Bertz CT molecular complexity index is 1110. The highest BCUT2D eigenvalue weighted by molar-refractivity contribution is 6.01. The first-order chi connectivity index (χ1) is 14.9. The summed E-state index contributed by atoms with van der Waals surface area (Å²) in [4.78, 5) is 34.9. The Kier molecular flexibility index (Phi) is 6.57. The van der Waals surface area contributed by atoms with Crippen molar-refractivity contribution in [1.29, 1.82) is 5.26 Å². The van der Waals surface area contributed by atoms with Gasteiger partial charge in [-0.15, -0.1) is 5.10 Å². The number of pyridine rings is 1. The second-order valence-corrected chi connectivity index (χ2v) is 6.82. The molecule has 31 heavy (non-hydrogen) atoms. The van der Waals surface area contributed by atoms with Crippen LogP contribution in [-0.2, 0) is 11.2 Å². The molecule has 1 aliphatic heterocycles. The van der Waals surface area contributed by atoms with Crippen molar-refractivity contribution in [1.82, 2.24) is 25.5 Å². The van der Waals surface area contributed by atoms with E-state index in [0.717, 1.165) is 0 Å². The van der Waals surface area contributed by atoms with Gasteiger partial charge in [0.1, 0.15) is 18.5 Å². The Morgan fingerprint density at radius 1 is 1.55 bits per heavy atom. The maximum absolute atomic E-state index is 12.7. The van der Waals surface area contributed by atoms with E-state index in [2.05, 4.69) is 32.1 Å². The minimum Gasteiger partial charge on any atom is -0.487 e. The third kappa shape index (κ3) is 5.22. The topological polar surface area (TPSA) is 137 Å². The number of aromatic amines is 1. The van der Waals surface area contributed by atoms with E-state index in [1.54, 1.807) is 50.5 Å². The second kappa shape index (κ2) is 9.49. The number of nitrogens with zero attached hydrogens (tertiary/aromatic N) is 5. The Labute approximate surface area is 178 Å². The minimum absolute atomic E-state index is 0.0396. The van der Waals surface area contributed by atoms with E-state index in [-0.39, 0.29) is 18.3 Å². The first-order valence-electron chi connectivity index (χ1n) is 9.39. The first-order valence-corrected chi connectivity index (χ1v) is 9.39. The lowest BCUT2D eigenvalue weighted by Gasteiger charge is -2.18. The van der Waals surface area contributed by atoms with Gasteiger partial charge in [0, 0.05) is 25.2 Å². The van der Waals surface area contributed by atoms with E-state index in [4.69, 9.17) is 10.00 Å². The molecule has 158 valence electrons. The van der Waals surface area contributed by atoms with Crippen molar-refractivity contribution in [3.63, 3.8) is 0 Å². The summed E-state index contributed by atoms with van der Waals surface area (Å²) in [6.07, 6.45) is 7.02. The summed E-state index contributed by atoms with van der Waals surface area (Å²) < 4.78 is 5.63. The number of fused-ring (bicyclic) bond motifs is 1. The largest absolute Gasteiger partial charge is 0.487 e. The van der Waals surface area contributed by atoms with Gasteiger partial charge in [-0.05, 0) is 30.7 Å². The number of H-pyrrole nitrogens is 1. The van der Waals surface area contributed by atoms with Crippen molar-refractivity contribution in [3.05, 3.63) is 65.9 Å². The molecule has 0 saturated carbocycles. The zero-order valence-electron chi connectivity index (χ0n) is 17.1. The number of anilines is 1. The van der Waals surface area contributed by atoms with Gasteiger partial charge >= 0.3 is 0 Å². The molecule has 0 spiro atoms. The quantitative estimate of drug-likeness (QED) is 0.534.